The lowest BCUT2D eigenvalue weighted by molar-refractivity contribution is -0.152. The van der Waals surface area contributed by atoms with Crippen LogP contribution in [0.1, 0.15) is 46.8 Å². The Morgan fingerprint density at radius 2 is 1.60 bits per heavy atom. The Morgan fingerprint density at radius 1 is 0.929 bits per heavy atom. The van der Waals surface area contributed by atoms with Gasteiger partial charge in [-0.05, 0) is 78.4 Å². The Balaban J connectivity index is 1.33. The van der Waals surface area contributed by atoms with Crippen LogP contribution < -0.4 is 14.8 Å². The second-order valence-corrected chi connectivity index (χ2v) is 10.1. The molecule has 1 saturated carbocycles. The molecule has 0 aromatic heterocycles. The summed E-state index contributed by atoms with van der Waals surface area (Å²) in [7, 11) is 3.24. The first-order valence-corrected chi connectivity index (χ1v) is 13.8. The Morgan fingerprint density at radius 3 is 2.26 bits per heavy atom. The third-order valence-corrected chi connectivity index (χ3v) is 7.46. The van der Waals surface area contributed by atoms with E-state index in [1.165, 1.54) is 5.01 Å². The van der Waals surface area contributed by atoms with Gasteiger partial charge in [0.15, 0.2) is 6.61 Å². The molecule has 42 heavy (non-hydrogen) atoms. The number of hydrazone groups is 1. The molecule has 0 radical (unpaired) electrons. The van der Waals surface area contributed by atoms with Crippen molar-refractivity contribution in [3.05, 3.63) is 101 Å². The molecule has 3 aromatic rings. The van der Waals surface area contributed by atoms with Crippen molar-refractivity contribution in [3.8, 4) is 11.5 Å². The van der Waals surface area contributed by atoms with Gasteiger partial charge in [0.25, 0.3) is 11.8 Å². The van der Waals surface area contributed by atoms with Gasteiger partial charge in [-0.15, -0.1) is 0 Å². The first-order valence-electron chi connectivity index (χ1n) is 13.8. The molecule has 216 valence electrons. The summed E-state index contributed by atoms with van der Waals surface area (Å²) in [5.41, 5.74) is 4.31. The third kappa shape index (κ3) is 6.52. The molecule has 2 unspecified atom stereocenters. The molecule has 2 atom stereocenters. The van der Waals surface area contributed by atoms with Crippen LogP contribution in [0.4, 0.5) is 0 Å². The number of carbonyl (C=O) groups excluding carboxylic acids is 3. The van der Waals surface area contributed by atoms with Gasteiger partial charge in [-0.3, -0.25) is 14.4 Å². The van der Waals surface area contributed by atoms with E-state index in [2.05, 4.69) is 11.4 Å². The zero-order valence-electron chi connectivity index (χ0n) is 23.6. The first kappa shape index (κ1) is 28.6. The molecule has 9 heteroatoms. The highest BCUT2D eigenvalue weighted by Gasteiger charge is 2.43. The molecule has 1 fully saturated rings. The second-order valence-electron chi connectivity index (χ2n) is 10.1. The maximum absolute atomic E-state index is 13.5. The maximum atomic E-state index is 13.5. The van der Waals surface area contributed by atoms with E-state index < -0.39 is 24.4 Å². The van der Waals surface area contributed by atoms with Crippen LogP contribution in [-0.2, 0) is 14.3 Å². The molecular formula is C33H33N3O6. The SMILES string of the molecule is COc1ccc(/C=C2\CCCC3C2=NN(C(=O)COC(=O)CNC(=O)c2ccccc2)C3c2ccc(OC)cc2)cc1. The van der Waals surface area contributed by atoms with Crippen LogP contribution in [0, 0.1) is 5.92 Å². The number of carbonyl (C=O) groups is 3. The Hall–Kier alpha value is -4.92. The number of rotatable bonds is 9. The number of hydrogen-bond donors (Lipinski definition) is 1. The van der Waals surface area contributed by atoms with E-state index >= 15 is 0 Å². The summed E-state index contributed by atoms with van der Waals surface area (Å²) < 4.78 is 15.9. The highest BCUT2D eigenvalue weighted by atomic mass is 16.5. The number of nitrogens with one attached hydrogen (secondary N) is 1. The van der Waals surface area contributed by atoms with E-state index in [1.807, 2.05) is 48.5 Å². The van der Waals surface area contributed by atoms with Gasteiger partial charge in [0.1, 0.15) is 18.0 Å². The van der Waals surface area contributed by atoms with Crippen LogP contribution in [0.3, 0.4) is 0 Å². The lowest BCUT2D eigenvalue weighted by Crippen LogP contribution is -2.36. The molecule has 1 N–H and O–H groups in total. The van der Waals surface area contributed by atoms with Crippen molar-refractivity contribution in [1.29, 1.82) is 0 Å². The van der Waals surface area contributed by atoms with E-state index in [0.717, 1.165) is 47.4 Å². The number of fused-ring (bicyclic) bond motifs is 1. The highest BCUT2D eigenvalue weighted by Crippen LogP contribution is 2.44. The predicted molar refractivity (Wildman–Crippen MR) is 158 cm³/mol. The lowest BCUT2D eigenvalue weighted by Gasteiger charge is -2.29. The minimum absolute atomic E-state index is 0.0125. The van der Waals surface area contributed by atoms with Gasteiger partial charge < -0.3 is 19.5 Å². The number of nitrogens with zero attached hydrogens (tertiary/aromatic N) is 2. The summed E-state index contributed by atoms with van der Waals surface area (Å²) in [6.07, 6.45) is 4.77. The van der Waals surface area contributed by atoms with Crippen molar-refractivity contribution in [1.82, 2.24) is 10.3 Å². The van der Waals surface area contributed by atoms with Gasteiger partial charge in [-0.1, -0.05) is 42.5 Å². The minimum atomic E-state index is -0.710. The third-order valence-electron chi connectivity index (χ3n) is 7.46. The first-order chi connectivity index (χ1) is 20.5. The molecule has 2 aliphatic rings. The molecule has 5 rings (SSSR count). The molecule has 0 bridgehead atoms. The number of methoxy groups -OCH3 is 2. The normalized spacial score (nSPS) is 18.6. The summed E-state index contributed by atoms with van der Waals surface area (Å²) in [6, 6.07) is 23.6. The molecule has 0 saturated heterocycles. The largest absolute Gasteiger partial charge is 0.497 e. The standard InChI is InChI=1S/C33H33N3O6/c1-40-26-15-11-22(12-16-26)19-25-9-6-10-28-31(25)35-36(32(28)23-13-17-27(41-2)18-14-23)29(37)21-42-30(38)20-34-33(39)24-7-4-3-5-8-24/h3-5,7-8,11-19,28,32H,6,9-10,20-21H2,1-2H3,(H,34,39)/b25-19+. The molecule has 1 heterocycles. The smallest absolute Gasteiger partial charge is 0.325 e. The van der Waals surface area contributed by atoms with Gasteiger partial charge in [0.2, 0.25) is 0 Å². The second kappa shape index (κ2) is 13.2. The predicted octanol–water partition coefficient (Wildman–Crippen LogP) is 4.80. The monoisotopic (exact) mass is 567 g/mol. The van der Waals surface area contributed by atoms with Crippen molar-refractivity contribution in [2.45, 2.75) is 25.3 Å². The minimum Gasteiger partial charge on any atom is -0.497 e. The van der Waals surface area contributed by atoms with E-state index in [0.29, 0.717) is 11.3 Å². The zero-order chi connectivity index (χ0) is 29.5. The fourth-order valence-electron chi connectivity index (χ4n) is 5.35. The van der Waals surface area contributed by atoms with Gasteiger partial charge >= 0.3 is 5.97 Å². The molecule has 9 nitrogen and oxygen atoms in total. The number of allylic oxidation sites excluding steroid dienone is 1. The van der Waals surface area contributed by atoms with E-state index in [9.17, 15) is 14.4 Å². The number of ether oxygens (including phenoxy) is 3. The quantitative estimate of drug-likeness (QED) is 0.373. The van der Waals surface area contributed by atoms with Gasteiger partial charge in [-0.25, -0.2) is 5.01 Å². The summed E-state index contributed by atoms with van der Waals surface area (Å²) in [5, 5.41) is 8.80. The average Bonchev–Trinajstić information content (AvgIpc) is 3.44. The Labute approximate surface area is 244 Å². The molecule has 1 aliphatic carbocycles. The van der Waals surface area contributed by atoms with Crippen molar-refractivity contribution in [2.24, 2.45) is 11.0 Å². The summed E-state index contributed by atoms with van der Waals surface area (Å²) >= 11 is 0. The van der Waals surface area contributed by atoms with Crippen LogP contribution in [0.5, 0.6) is 11.5 Å². The summed E-state index contributed by atoms with van der Waals surface area (Å²) in [5.74, 6) is -0.0679. The number of amides is 2. The summed E-state index contributed by atoms with van der Waals surface area (Å²) in [4.78, 5) is 38.1. The van der Waals surface area contributed by atoms with E-state index in [-0.39, 0.29) is 18.5 Å². The molecule has 0 spiro atoms. The van der Waals surface area contributed by atoms with Gasteiger partial charge in [0.05, 0.1) is 26.0 Å². The number of benzene rings is 3. The zero-order valence-corrected chi connectivity index (χ0v) is 23.6. The van der Waals surface area contributed by atoms with E-state index in [1.54, 1.807) is 44.6 Å². The van der Waals surface area contributed by atoms with Crippen molar-refractivity contribution >= 4 is 29.6 Å². The fourth-order valence-corrected chi connectivity index (χ4v) is 5.35. The number of esters is 1. The van der Waals surface area contributed by atoms with Crippen molar-refractivity contribution in [2.75, 3.05) is 27.4 Å². The van der Waals surface area contributed by atoms with Crippen LogP contribution in [0.25, 0.3) is 6.08 Å². The number of hydrogen-bond acceptors (Lipinski definition) is 7. The lowest BCUT2D eigenvalue weighted by atomic mass is 9.77. The maximum Gasteiger partial charge on any atom is 0.325 e. The Kier molecular flexibility index (Phi) is 8.96. The van der Waals surface area contributed by atoms with Crippen LogP contribution in [0.2, 0.25) is 0 Å². The molecule has 3 aromatic carbocycles. The fraction of sp³-hybridized carbons (Fsp3) is 0.273. The average molecular weight is 568 g/mol. The van der Waals surface area contributed by atoms with Crippen LogP contribution in [-0.4, -0.2) is 55.9 Å². The van der Waals surface area contributed by atoms with Crippen molar-refractivity contribution < 1.29 is 28.6 Å². The van der Waals surface area contributed by atoms with Gasteiger partial charge in [0, 0.05) is 11.5 Å². The Bertz CT molecular complexity index is 1480. The van der Waals surface area contributed by atoms with Crippen LogP contribution >= 0.6 is 0 Å². The highest BCUT2D eigenvalue weighted by molar-refractivity contribution is 6.08. The van der Waals surface area contributed by atoms with Crippen molar-refractivity contribution in [3.63, 3.8) is 0 Å². The topological polar surface area (TPSA) is 107 Å². The molecular weight excluding hydrogens is 534 g/mol. The van der Waals surface area contributed by atoms with Crippen LogP contribution in [0.15, 0.2) is 89.5 Å². The van der Waals surface area contributed by atoms with Gasteiger partial charge in [-0.2, -0.15) is 5.10 Å². The molecule has 2 amide bonds. The summed E-state index contributed by atoms with van der Waals surface area (Å²) in [6.45, 7) is -0.845. The van der Waals surface area contributed by atoms with E-state index in [4.69, 9.17) is 19.3 Å². The molecule has 1 aliphatic heterocycles.